The summed E-state index contributed by atoms with van der Waals surface area (Å²) in [4.78, 5) is 0.299. The Bertz CT molecular complexity index is 1050. The number of rotatable bonds is 3. The van der Waals surface area contributed by atoms with E-state index in [0.717, 1.165) is 22.3 Å². The second kappa shape index (κ2) is 6.46. The fourth-order valence-corrected chi connectivity index (χ4v) is 4.76. The summed E-state index contributed by atoms with van der Waals surface area (Å²) in [6.45, 7) is 1.94. The summed E-state index contributed by atoms with van der Waals surface area (Å²) in [6.07, 6.45) is 3.54. The van der Waals surface area contributed by atoms with Crippen LogP contribution in [0.5, 0.6) is 0 Å². The van der Waals surface area contributed by atoms with Crippen LogP contribution in [-0.2, 0) is 10.0 Å². The summed E-state index contributed by atoms with van der Waals surface area (Å²) < 4.78 is 28.2. The van der Waals surface area contributed by atoms with Crippen LogP contribution in [0.1, 0.15) is 28.3 Å². The van der Waals surface area contributed by atoms with Crippen LogP contribution in [0.25, 0.3) is 6.08 Å². The summed E-state index contributed by atoms with van der Waals surface area (Å²) in [5.41, 5.74) is 4.00. The summed E-state index contributed by atoms with van der Waals surface area (Å²) in [7, 11) is -3.67. The van der Waals surface area contributed by atoms with Gasteiger partial charge in [-0.1, -0.05) is 72.3 Å². The van der Waals surface area contributed by atoms with Crippen LogP contribution in [0, 0.1) is 6.92 Å². The highest BCUT2D eigenvalue weighted by Crippen LogP contribution is 2.38. The quantitative estimate of drug-likeness (QED) is 0.674. The zero-order valence-corrected chi connectivity index (χ0v) is 15.2. The Morgan fingerprint density at radius 2 is 1.46 bits per heavy atom. The van der Waals surface area contributed by atoms with Crippen molar-refractivity contribution in [1.29, 1.82) is 0 Å². The summed E-state index contributed by atoms with van der Waals surface area (Å²) in [6, 6.07) is 24.3. The normalized spacial score (nSPS) is 16.3. The highest BCUT2D eigenvalue weighted by molar-refractivity contribution is 7.89. The van der Waals surface area contributed by atoms with Gasteiger partial charge in [-0.2, -0.15) is 0 Å². The monoisotopic (exact) mass is 361 g/mol. The molecule has 0 fully saturated rings. The molecule has 3 nitrogen and oxygen atoms in total. The van der Waals surface area contributed by atoms with Gasteiger partial charge >= 0.3 is 0 Å². The van der Waals surface area contributed by atoms with Crippen molar-refractivity contribution in [2.24, 2.45) is 0 Å². The molecular weight excluding hydrogens is 342 g/mol. The number of sulfonamides is 1. The molecule has 1 atom stereocenters. The Balaban J connectivity index is 1.88. The molecule has 4 heteroatoms. The lowest BCUT2D eigenvalue weighted by molar-refractivity contribution is 0.447. The first-order chi connectivity index (χ1) is 12.6. The minimum atomic E-state index is -3.67. The molecule has 26 heavy (non-hydrogen) atoms. The molecule has 1 aliphatic rings. The maximum atomic E-state index is 13.4. The molecule has 0 saturated heterocycles. The second-order valence-electron chi connectivity index (χ2n) is 6.41. The van der Waals surface area contributed by atoms with E-state index in [1.165, 1.54) is 4.31 Å². The third-order valence-corrected chi connectivity index (χ3v) is 6.41. The number of hydrogen-bond donors (Lipinski definition) is 0. The first kappa shape index (κ1) is 16.6. The number of benzene rings is 3. The van der Waals surface area contributed by atoms with Gasteiger partial charge < -0.3 is 0 Å². The largest absolute Gasteiger partial charge is 0.264 e. The molecule has 0 aliphatic carbocycles. The van der Waals surface area contributed by atoms with Gasteiger partial charge in [-0.05, 0) is 41.8 Å². The van der Waals surface area contributed by atoms with E-state index >= 15 is 0 Å². The van der Waals surface area contributed by atoms with Crippen molar-refractivity contribution in [3.8, 4) is 0 Å². The van der Waals surface area contributed by atoms with Gasteiger partial charge in [0.25, 0.3) is 10.0 Å². The molecule has 0 N–H and O–H groups in total. The molecule has 0 bridgehead atoms. The maximum Gasteiger partial charge on any atom is 0.264 e. The minimum Gasteiger partial charge on any atom is -0.261 e. The van der Waals surface area contributed by atoms with Crippen molar-refractivity contribution >= 4 is 16.1 Å². The number of nitrogens with zero attached hydrogens (tertiary/aromatic N) is 1. The summed E-state index contributed by atoms with van der Waals surface area (Å²) in [5, 5.41) is 0. The predicted octanol–water partition coefficient (Wildman–Crippen LogP) is 4.76. The average Bonchev–Trinajstić information content (AvgIpc) is 2.68. The van der Waals surface area contributed by atoms with Crippen molar-refractivity contribution in [2.45, 2.75) is 17.9 Å². The molecule has 0 aromatic heterocycles. The highest BCUT2D eigenvalue weighted by atomic mass is 32.2. The molecule has 4 rings (SSSR count). The Labute approximate surface area is 154 Å². The molecular formula is C22H19NO2S. The molecule has 0 spiro atoms. The van der Waals surface area contributed by atoms with Crippen LogP contribution in [0.2, 0.25) is 0 Å². The van der Waals surface area contributed by atoms with Crippen molar-refractivity contribution in [2.75, 3.05) is 0 Å². The lowest BCUT2D eigenvalue weighted by Crippen LogP contribution is -2.33. The van der Waals surface area contributed by atoms with Crippen LogP contribution in [0.15, 0.2) is 90.0 Å². The topological polar surface area (TPSA) is 37.4 Å². The van der Waals surface area contributed by atoms with Crippen LogP contribution < -0.4 is 0 Å². The van der Waals surface area contributed by atoms with Gasteiger partial charge in [0.15, 0.2) is 0 Å². The van der Waals surface area contributed by atoms with E-state index in [1.807, 2.05) is 79.7 Å². The summed E-state index contributed by atoms with van der Waals surface area (Å²) in [5.74, 6) is 0. The van der Waals surface area contributed by atoms with Crippen LogP contribution in [-0.4, -0.2) is 12.7 Å². The van der Waals surface area contributed by atoms with Gasteiger partial charge in [0, 0.05) is 6.20 Å². The molecule has 3 aromatic carbocycles. The van der Waals surface area contributed by atoms with Crippen LogP contribution >= 0.6 is 0 Å². The van der Waals surface area contributed by atoms with Crippen molar-refractivity contribution in [3.05, 3.63) is 107 Å². The molecule has 0 amide bonds. The predicted molar refractivity (Wildman–Crippen MR) is 104 cm³/mol. The van der Waals surface area contributed by atoms with Gasteiger partial charge in [-0.15, -0.1) is 0 Å². The number of fused-ring (bicyclic) bond motifs is 1. The van der Waals surface area contributed by atoms with E-state index in [2.05, 4.69) is 0 Å². The van der Waals surface area contributed by atoms with Crippen LogP contribution in [0.4, 0.5) is 0 Å². The third kappa shape index (κ3) is 2.82. The van der Waals surface area contributed by atoms with Crippen molar-refractivity contribution in [1.82, 2.24) is 4.31 Å². The van der Waals surface area contributed by atoms with Gasteiger partial charge in [0.2, 0.25) is 0 Å². The van der Waals surface area contributed by atoms with Gasteiger partial charge in [0.1, 0.15) is 0 Å². The molecule has 3 aromatic rings. The Morgan fingerprint density at radius 3 is 2.19 bits per heavy atom. The molecule has 1 aliphatic heterocycles. The van der Waals surface area contributed by atoms with E-state index in [-0.39, 0.29) is 6.04 Å². The Kier molecular flexibility index (Phi) is 4.13. The number of aryl methyl sites for hydroxylation is 1. The Morgan fingerprint density at radius 1 is 0.808 bits per heavy atom. The first-order valence-corrected chi connectivity index (χ1v) is 9.94. The van der Waals surface area contributed by atoms with E-state index in [0.29, 0.717) is 4.90 Å². The Hall–Kier alpha value is -2.85. The van der Waals surface area contributed by atoms with Crippen molar-refractivity contribution in [3.63, 3.8) is 0 Å². The fraction of sp³-hybridized carbons (Fsp3) is 0.0909. The SMILES string of the molecule is Cc1ccc(S(=O)(=O)N2C=Cc3ccccc3[C@@H]2c2ccccc2)cc1. The first-order valence-electron chi connectivity index (χ1n) is 8.50. The van der Waals surface area contributed by atoms with Gasteiger partial charge in [-0.3, -0.25) is 4.31 Å². The average molecular weight is 361 g/mol. The van der Waals surface area contributed by atoms with Crippen molar-refractivity contribution < 1.29 is 8.42 Å². The van der Waals surface area contributed by atoms with Gasteiger partial charge in [0.05, 0.1) is 10.9 Å². The number of hydrogen-bond acceptors (Lipinski definition) is 2. The standard InChI is InChI=1S/C22H19NO2S/c1-17-11-13-20(14-12-17)26(24,25)23-16-15-18-7-5-6-10-21(18)22(23)19-8-3-2-4-9-19/h2-16,22H,1H3/t22-/m0/s1. The maximum absolute atomic E-state index is 13.4. The smallest absolute Gasteiger partial charge is 0.261 e. The zero-order chi connectivity index (χ0) is 18.1. The third-order valence-electron chi connectivity index (χ3n) is 4.66. The second-order valence-corrected chi connectivity index (χ2v) is 8.25. The zero-order valence-electron chi connectivity index (χ0n) is 14.4. The van der Waals surface area contributed by atoms with Gasteiger partial charge in [-0.25, -0.2) is 8.42 Å². The highest BCUT2D eigenvalue weighted by Gasteiger charge is 2.33. The lowest BCUT2D eigenvalue weighted by Gasteiger charge is -2.34. The van der Waals surface area contributed by atoms with E-state index in [9.17, 15) is 8.42 Å². The molecule has 0 saturated carbocycles. The molecule has 0 unspecified atom stereocenters. The molecule has 0 radical (unpaired) electrons. The fourth-order valence-electron chi connectivity index (χ4n) is 3.30. The summed E-state index contributed by atoms with van der Waals surface area (Å²) >= 11 is 0. The molecule has 1 heterocycles. The van der Waals surface area contributed by atoms with E-state index < -0.39 is 10.0 Å². The van der Waals surface area contributed by atoms with Crippen LogP contribution in [0.3, 0.4) is 0 Å². The van der Waals surface area contributed by atoms with E-state index in [4.69, 9.17) is 0 Å². The lowest BCUT2D eigenvalue weighted by atomic mass is 9.92. The van der Waals surface area contributed by atoms with E-state index in [1.54, 1.807) is 18.3 Å². The molecule has 130 valence electrons. The minimum absolute atomic E-state index is 0.299.